The van der Waals surface area contributed by atoms with Crippen LogP contribution >= 0.6 is 0 Å². The van der Waals surface area contributed by atoms with Gasteiger partial charge in [0.15, 0.2) is 0 Å². The molecule has 0 bridgehead atoms. The van der Waals surface area contributed by atoms with Crippen molar-refractivity contribution in [3.63, 3.8) is 0 Å². The Labute approximate surface area is 236 Å². The van der Waals surface area contributed by atoms with Crippen LogP contribution in [0, 0.1) is 11.6 Å². The zero-order chi connectivity index (χ0) is 28.5. The van der Waals surface area contributed by atoms with Crippen molar-refractivity contribution in [1.29, 1.82) is 0 Å². The fourth-order valence-corrected chi connectivity index (χ4v) is 5.85. The highest BCUT2D eigenvalue weighted by Gasteiger charge is 2.39. The van der Waals surface area contributed by atoms with E-state index in [0.717, 1.165) is 42.5 Å². The lowest BCUT2D eigenvalue weighted by Crippen LogP contribution is -2.52. The highest BCUT2D eigenvalue weighted by atomic mass is 19.1. The van der Waals surface area contributed by atoms with E-state index in [4.69, 9.17) is 0 Å². The molecule has 41 heavy (non-hydrogen) atoms. The van der Waals surface area contributed by atoms with Crippen LogP contribution in [-0.2, 0) is 29.2 Å². The van der Waals surface area contributed by atoms with Crippen molar-refractivity contribution in [2.24, 2.45) is 0 Å². The average molecular weight is 560 g/mol. The van der Waals surface area contributed by atoms with Crippen LogP contribution in [0.2, 0.25) is 0 Å². The van der Waals surface area contributed by atoms with Gasteiger partial charge in [0.2, 0.25) is 11.8 Å². The summed E-state index contributed by atoms with van der Waals surface area (Å²) < 4.78 is 27.4. The molecule has 3 amide bonds. The Kier molecular flexibility index (Phi) is 7.40. The molecule has 0 aromatic heterocycles. The molecule has 0 spiro atoms. The molecule has 0 radical (unpaired) electrons. The van der Waals surface area contributed by atoms with E-state index in [9.17, 15) is 23.2 Å². The van der Waals surface area contributed by atoms with Gasteiger partial charge in [0, 0.05) is 75.1 Å². The summed E-state index contributed by atoms with van der Waals surface area (Å²) in [4.78, 5) is 42.8. The van der Waals surface area contributed by atoms with Crippen molar-refractivity contribution >= 4 is 29.1 Å². The number of hydrogen-bond donors (Lipinski definition) is 2. The van der Waals surface area contributed by atoms with Crippen molar-refractivity contribution in [3.8, 4) is 0 Å². The number of carbonyl (C=O) groups is 3. The molecule has 3 aliphatic heterocycles. The van der Waals surface area contributed by atoms with Gasteiger partial charge in [0.25, 0.3) is 5.91 Å². The average Bonchev–Trinajstić information content (AvgIpc) is 3.30. The number of nitrogens with zero attached hydrogens (tertiary/aromatic N) is 3. The molecular weight excluding hydrogens is 528 g/mol. The summed E-state index contributed by atoms with van der Waals surface area (Å²) in [6.45, 7) is 4.61. The molecule has 2 N–H and O–H groups in total. The molecule has 212 valence electrons. The van der Waals surface area contributed by atoms with Crippen molar-refractivity contribution < 1.29 is 23.2 Å². The minimum Gasteiger partial charge on any atom is -0.381 e. The maximum absolute atomic E-state index is 14.1. The third-order valence-electron chi connectivity index (χ3n) is 8.12. The van der Waals surface area contributed by atoms with Crippen LogP contribution in [0.1, 0.15) is 39.9 Å². The fourth-order valence-electron chi connectivity index (χ4n) is 5.85. The number of hydrogen-bond acceptors (Lipinski definition) is 6. The first-order valence-electron chi connectivity index (χ1n) is 13.9. The number of halogens is 2. The van der Waals surface area contributed by atoms with E-state index in [0.29, 0.717) is 43.9 Å². The Bertz CT molecular complexity index is 1490. The summed E-state index contributed by atoms with van der Waals surface area (Å²) in [6.07, 6.45) is 0.561. The van der Waals surface area contributed by atoms with E-state index in [1.807, 2.05) is 17.0 Å². The van der Waals surface area contributed by atoms with Gasteiger partial charge in [-0.3, -0.25) is 24.6 Å². The van der Waals surface area contributed by atoms with E-state index < -0.39 is 23.6 Å². The summed E-state index contributed by atoms with van der Waals surface area (Å²) in [5.74, 6) is -2.00. The molecule has 3 heterocycles. The van der Waals surface area contributed by atoms with E-state index >= 15 is 0 Å². The molecule has 1 atom stereocenters. The van der Waals surface area contributed by atoms with Gasteiger partial charge in [0.1, 0.15) is 17.7 Å². The molecule has 3 aromatic carbocycles. The van der Waals surface area contributed by atoms with E-state index in [1.54, 1.807) is 11.0 Å². The van der Waals surface area contributed by atoms with Gasteiger partial charge < -0.3 is 15.1 Å². The molecule has 8 nitrogen and oxygen atoms in total. The maximum atomic E-state index is 14.1. The van der Waals surface area contributed by atoms with Gasteiger partial charge in [-0.15, -0.1) is 0 Å². The first-order valence-corrected chi connectivity index (χ1v) is 13.9. The Morgan fingerprint density at radius 2 is 1.66 bits per heavy atom. The molecule has 2 saturated heterocycles. The summed E-state index contributed by atoms with van der Waals surface area (Å²) in [7, 11) is 0. The van der Waals surface area contributed by atoms with Crippen LogP contribution in [0.5, 0.6) is 0 Å². The lowest BCUT2D eigenvalue weighted by molar-refractivity contribution is -0.136. The van der Waals surface area contributed by atoms with Crippen molar-refractivity contribution in [2.75, 3.05) is 36.4 Å². The predicted octanol–water partition coefficient (Wildman–Crippen LogP) is 3.66. The second-order valence-corrected chi connectivity index (χ2v) is 10.8. The van der Waals surface area contributed by atoms with Crippen LogP contribution < -0.4 is 15.5 Å². The molecule has 1 unspecified atom stereocenters. The van der Waals surface area contributed by atoms with Crippen molar-refractivity contribution in [2.45, 2.75) is 38.5 Å². The topological polar surface area (TPSA) is 85.0 Å². The maximum Gasteiger partial charge on any atom is 0.255 e. The summed E-state index contributed by atoms with van der Waals surface area (Å²) in [5, 5.41) is 5.79. The van der Waals surface area contributed by atoms with Gasteiger partial charge in [-0.25, -0.2) is 8.78 Å². The van der Waals surface area contributed by atoms with Crippen molar-refractivity contribution in [1.82, 2.24) is 15.1 Å². The molecule has 3 aliphatic rings. The van der Waals surface area contributed by atoms with Gasteiger partial charge in [-0.05, 0) is 41.8 Å². The Morgan fingerprint density at radius 1 is 0.902 bits per heavy atom. The SMILES string of the molecule is O=C1CCC(N2Cc3c(NCc4ccc(CN5CCN(c6ccc(F)cc6F)CC5)cc4)cccc3C2=O)C(=O)N1. The van der Waals surface area contributed by atoms with Gasteiger partial charge in [-0.1, -0.05) is 30.3 Å². The van der Waals surface area contributed by atoms with E-state index in [-0.39, 0.29) is 18.2 Å². The zero-order valence-corrected chi connectivity index (χ0v) is 22.5. The van der Waals surface area contributed by atoms with Crippen molar-refractivity contribution in [3.05, 3.63) is 94.6 Å². The van der Waals surface area contributed by atoms with Crippen LogP contribution in [0.25, 0.3) is 0 Å². The molecule has 2 fully saturated rings. The normalized spacial score (nSPS) is 19.4. The molecule has 0 saturated carbocycles. The van der Waals surface area contributed by atoms with Crippen LogP contribution in [0.15, 0.2) is 60.7 Å². The lowest BCUT2D eigenvalue weighted by atomic mass is 10.0. The number of benzene rings is 3. The number of rotatable bonds is 7. The molecule has 0 aliphatic carbocycles. The third kappa shape index (κ3) is 5.65. The predicted molar refractivity (Wildman–Crippen MR) is 150 cm³/mol. The number of piperazine rings is 1. The number of anilines is 2. The number of piperidine rings is 1. The standard InChI is InChI=1S/C31H31F2N5O3/c32-22-8-9-27(25(33)16-22)37-14-12-36(13-15-37)18-21-6-4-20(5-7-21)17-34-26-3-1-2-23-24(26)19-38(31(23)41)28-10-11-29(39)35-30(28)40/h1-9,16,28,34H,10-15,17-19H2,(H,35,39,40). The minimum absolute atomic E-state index is 0.189. The van der Waals surface area contributed by atoms with Gasteiger partial charge in [-0.2, -0.15) is 0 Å². The lowest BCUT2D eigenvalue weighted by Gasteiger charge is -2.36. The van der Waals surface area contributed by atoms with Gasteiger partial charge >= 0.3 is 0 Å². The fraction of sp³-hybridized carbons (Fsp3) is 0.323. The number of nitrogens with one attached hydrogen (secondary N) is 2. The summed E-state index contributed by atoms with van der Waals surface area (Å²) in [5.41, 5.74) is 5.01. The number of carbonyl (C=O) groups excluding carboxylic acids is 3. The first kappa shape index (κ1) is 26.9. The second-order valence-electron chi connectivity index (χ2n) is 10.8. The van der Waals surface area contributed by atoms with Gasteiger partial charge in [0.05, 0.1) is 5.69 Å². The third-order valence-corrected chi connectivity index (χ3v) is 8.12. The van der Waals surface area contributed by atoms with Crippen LogP contribution in [0.4, 0.5) is 20.2 Å². The quantitative estimate of drug-likeness (QED) is 0.430. The van der Waals surface area contributed by atoms with Crippen LogP contribution in [-0.4, -0.2) is 59.7 Å². The first-order chi connectivity index (χ1) is 19.9. The number of fused-ring (bicyclic) bond motifs is 1. The highest BCUT2D eigenvalue weighted by Crippen LogP contribution is 2.32. The van der Waals surface area contributed by atoms with E-state index in [2.05, 4.69) is 39.8 Å². The Hall–Kier alpha value is -4.31. The largest absolute Gasteiger partial charge is 0.381 e. The van der Waals surface area contributed by atoms with Crippen LogP contribution in [0.3, 0.4) is 0 Å². The Morgan fingerprint density at radius 3 is 2.39 bits per heavy atom. The molecule has 10 heteroatoms. The monoisotopic (exact) mass is 559 g/mol. The minimum atomic E-state index is -0.639. The van der Waals surface area contributed by atoms with E-state index in [1.165, 1.54) is 17.7 Å². The molecule has 3 aromatic rings. The molecular formula is C31H31F2N5O3. The zero-order valence-electron chi connectivity index (χ0n) is 22.5. The smallest absolute Gasteiger partial charge is 0.255 e. The number of amides is 3. The Balaban J connectivity index is 1.03. The summed E-state index contributed by atoms with van der Waals surface area (Å²) in [6, 6.07) is 17.0. The molecule has 6 rings (SSSR count). The summed E-state index contributed by atoms with van der Waals surface area (Å²) >= 11 is 0. The number of imide groups is 1. The highest BCUT2D eigenvalue weighted by molar-refractivity contribution is 6.06. The second kappa shape index (κ2) is 11.3.